The van der Waals surface area contributed by atoms with E-state index in [0.717, 1.165) is 6.92 Å². The van der Waals surface area contributed by atoms with Crippen LogP contribution in [0.5, 0.6) is 0 Å². The van der Waals surface area contributed by atoms with Gasteiger partial charge in [0.25, 0.3) is 5.79 Å². The molecular weight excluding hydrogens is 1470 g/mol. The van der Waals surface area contributed by atoms with E-state index in [1.807, 2.05) is 0 Å². The highest BCUT2D eigenvalue weighted by atomic mass is 32.2. The van der Waals surface area contributed by atoms with E-state index in [1.54, 1.807) is 6.92 Å². The third kappa shape index (κ3) is 22.5. The van der Waals surface area contributed by atoms with Crippen LogP contribution in [0, 0.1) is 0 Å². The van der Waals surface area contributed by atoms with E-state index in [-0.39, 0.29) is 55.8 Å². The summed E-state index contributed by atoms with van der Waals surface area (Å²) in [5, 5.41) is 223. The SMILES string of the molecule is CCC(=O)CCCCCN1C(=O)CC(SCCC(=O)CCCCCCO[C@@H]2OC(CO)[C@H](O)C(O[C@@H]3OC(CO)[C@H](O[C@H]4OC(CO)[C@H](O)C(O[C@@H]5OC(CO)[C@H](O)C(O[C@@H]6OC(CO)[C@H](O)C(O[C@]7(C(=O)O)C[C@@H](O)[C@@H](NC(=O)CO)C([C@H](O)[C@H](O)CO)O7)[C@@H]6O)[C@@H]5NC(C)=O)[C@@H]4O)C(O)[C@@H]3O)[C@@H]2O)C1=O. The highest BCUT2D eigenvalue weighted by molar-refractivity contribution is 8.00. The Kier molecular flexibility index (Phi) is 35.6. The Balaban J connectivity index is 0.959. The largest absolute Gasteiger partial charge is 0.477 e. The standard InChI is InChI=1S/C64H105N3O39S/c1-3-27(76)11-8-6-9-14-67-38(81)17-36(57(67)92)107-16-13-28(77)12-7-4-5-10-15-95-59-48(89)54(43(84)32(21-70)97-59)104-60-47(88)46(87)51(35(24-73)100-60)101-61-49(90)55(44(85)33(22-71)98-61)103-58-40(65-26(2)75)52(42(83)31(20-69)96-58)102-62-50(91)56(45(86)34(23-72)99-62)106-64(63(93)94)18-29(78)39(66-37(80)25-74)53(105-64)41(82)30(79)19-68/h29-36,39-56,58-62,68-74,78-79,82-91H,3-25H2,1-2H3,(H,65,75)(H,66,80)(H,93,94)/t29-,30-,31?,32?,33?,34?,35?,36?,39-,40+,41-,42+,43+,44+,45+,46?,47+,48+,49+,50+,51+,52?,53?,54?,55?,56?,58+,59-,60+,61-,62+,64+/m1/s1. The van der Waals surface area contributed by atoms with Gasteiger partial charge in [0, 0.05) is 64.4 Å². The van der Waals surface area contributed by atoms with E-state index in [0.29, 0.717) is 63.5 Å². The van der Waals surface area contributed by atoms with Gasteiger partial charge in [0.15, 0.2) is 31.5 Å². The Bertz CT molecular complexity index is 2830. The Morgan fingerprint density at radius 2 is 1.04 bits per heavy atom. The fourth-order valence-electron chi connectivity index (χ4n) is 13.5. The van der Waals surface area contributed by atoms with Crippen LogP contribution in [0.15, 0.2) is 0 Å². The minimum Gasteiger partial charge on any atom is -0.477 e. The summed E-state index contributed by atoms with van der Waals surface area (Å²) in [4.78, 5) is 89.4. The lowest BCUT2D eigenvalue weighted by molar-refractivity contribution is -0.393. The van der Waals surface area contributed by atoms with Gasteiger partial charge in [-0.3, -0.25) is 33.7 Å². The molecule has 0 aliphatic carbocycles. The van der Waals surface area contributed by atoms with Crippen molar-refractivity contribution in [1.29, 1.82) is 0 Å². The maximum atomic E-state index is 13.2. The molecule has 22 N–H and O–H groups in total. The highest BCUT2D eigenvalue weighted by Crippen LogP contribution is 2.41. The van der Waals surface area contributed by atoms with Crippen molar-refractivity contribution in [2.24, 2.45) is 0 Å². The molecule has 7 aliphatic rings. The molecule has 43 heteroatoms. The smallest absolute Gasteiger partial charge is 0.364 e. The number of likely N-dealkylation sites (tertiary alicyclic amines) is 1. The first-order valence-corrected chi connectivity index (χ1v) is 36.5. The van der Waals surface area contributed by atoms with Crippen LogP contribution in [0.3, 0.4) is 0 Å². The molecule has 0 aromatic rings. The van der Waals surface area contributed by atoms with E-state index in [2.05, 4.69) is 10.6 Å². The van der Waals surface area contributed by atoms with Crippen molar-refractivity contribution in [2.45, 2.75) is 292 Å². The fourth-order valence-corrected chi connectivity index (χ4v) is 14.7. The molecule has 7 rings (SSSR count). The quantitative estimate of drug-likeness (QED) is 0.0200. The number of Topliss-reactive ketones (excluding diaryl/α,β-unsaturated/α-hetero) is 2. The maximum absolute atomic E-state index is 13.2. The van der Waals surface area contributed by atoms with Crippen molar-refractivity contribution < 1.29 is 193 Å². The number of carbonyl (C=O) groups excluding carboxylic acids is 6. The van der Waals surface area contributed by atoms with Crippen LogP contribution in [0.4, 0.5) is 0 Å². The molecular formula is C64H105N3O39S. The number of carboxylic acids is 1. The Morgan fingerprint density at radius 1 is 0.551 bits per heavy atom. The molecule has 107 heavy (non-hydrogen) atoms. The second-order valence-corrected chi connectivity index (χ2v) is 28.4. The van der Waals surface area contributed by atoms with Crippen molar-refractivity contribution in [3.05, 3.63) is 0 Å². The van der Waals surface area contributed by atoms with E-state index < -0.39 is 265 Å². The van der Waals surface area contributed by atoms with E-state index in [4.69, 9.17) is 56.8 Å². The zero-order valence-corrected chi connectivity index (χ0v) is 59.5. The average molecular weight is 1570 g/mol. The van der Waals surface area contributed by atoms with Crippen LogP contribution in [0.2, 0.25) is 0 Å². The summed E-state index contributed by atoms with van der Waals surface area (Å²) in [5.74, 6) is -7.68. The van der Waals surface area contributed by atoms with Crippen molar-refractivity contribution in [1.82, 2.24) is 15.5 Å². The number of unbranched alkanes of at least 4 members (excludes halogenated alkanes) is 5. The second kappa shape index (κ2) is 42.2. The van der Waals surface area contributed by atoms with Crippen molar-refractivity contribution in [2.75, 3.05) is 65.2 Å². The number of hydrogen-bond acceptors (Lipinski definition) is 39. The van der Waals surface area contributed by atoms with Gasteiger partial charge in [0.05, 0.1) is 57.0 Å². The van der Waals surface area contributed by atoms with Crippen LogP contribution >= 0.6 is 11.8 Å². The third-order valence-electron chi connectivity index (χ3n) is 19.6. The minimum absolute atomic E-state index is 0.0282. The predicted molar refractivity (Wildman–Crippen MR) is 349 cm³/mol. The number of aliphatic carboxylic acids is 1. The summed E-state index contributed by atoms with van der Waals surface area (Å²) in [5.41, 5.74) is 0. The number of hydrogen-bond donors (Lipinski definition) is 22. The number of aliphatic hydroxyl groups is 19. The summed E-state index contributed by atoms with van der Waals surface area (Å²) in [6.45, 7) is -4.84. The van der Waals surface area contributed by atoms with Crippen molar-refractivity contribution in [3.63, 3.8) is 0 Å². The molecule has 4 amide bonds. The van der Waals surface area contributed by atoms with Crippen LogP contribution < -0.4 is 10.6 Å². The first kappa shape index (κ1) is 90.2. The Morgan fingerprint density at radius 3 is 1.60 bits per heavy atom. The summed E-state index contributed by atoms with van der Waals surface area (Å²) < 4.78 is 69.5. The molecule has 32 atom stereocenters. The monoisotopic (exact) mass is 1570 g/mol. The zero-order chi connectivity index (χ0) is 78.9. The normalized spacial score (nSPS) is 39.7. The molecule has 7 fully saturated rings. The van der Waals surface area contributed by atoms with E-state index in [9.17, 15) is 136 Å². The zero-order valence-electron chi connectivity index (χ0n) is 58.7. The van der Waals surface area contributed by atoms with Crippen LogP contribution in [-0.4, -0.2) is 408 Å². The van der Waals surface area contributed by atoms with Crippen LogP contribution in [-0.2, 0) is 90.4 Å². The first-order valence-electron chi connectivity index (χ1n) is 35.5. The van der Waals surface area contributed by atoms with Crippen LogP contribution in [0.25, 0.3) is 0 Å². The number of carboxylic acid groups (broad SMARTS) is 1. The number of amides is 4. The molecule has 0 aromatic carbocycles. The van der Waals surface area contributed by atoms with Gasteiger partial charge in [-0.2, -0.15) is 0 Å². The summed E-state index contributed by atoms with van der Waals surface area (Å²) in [7, 11) is 0. The molecule has 616 valence electrons. The molecule has 7 aliphatic heterocycles. The topological polar surface area (TPSA) is 662 Å². The second-order valence-electron chi connectivity index (χ2n) is 27.1. The lowest BCUT2D eigenvalue weighted by Gasteiger charge is -2.51. The number of aliphatic hydroxyl groups excluding tert-OH is 19. The lowest BCUT2D eigenvalue weighted by Crippen LogP contribution is -2.71. The Labute approximate surface area is 616 Å². The number of ether oxygens (including phenoxy) is 12. The van der Waals surface area contributed by atoms with Crippen molar-refractivity contribution in [3.8, 4) is 0 Å². The molecule has 0 spiro atoms. The molecule has 7 saturated heterocycles. The van der Waals surface area contributed by atoms with E-state index in [1.165, 1.54) is 16.7 Å². The summed E-state index contributed by atoms with van der Waals surface area (Å²) >= 11 is 1.27. The fraction of sp³-hybridized carbons (Fsp3) is 0.891. The van der Waals surface area contributed by atoms with Crippen molar-refractivity contribution >= 4 is 52.9 Å². The number of ketones is 2. The van der Waals surface area contributed by atoms with Gasteiger partial charge in [-0.25, -0.2) is 4.79 Å². The number of imide groups is 1. The molecule has 0 aromatic heterocycles. The van der Waals surface area contributed by atoms with Gasteiger partial charge in [0.2, 0.25) is 23.6 Å². The lowest BCUT2D eigenvalue weighted by atomic mass is 9.88. The number of carbonyl (C=O) groups is 7. The van der Waals surface area contributed by atoms with Gasteiger partial charge < -0.3 is 170 Å². The summed E-state index contributed by atoms with van der Waals surface area (Å²) in [6, 6.07) is -3.82. The van der Waals surface area contributed by atoms with Gasteiger partial charge in [-0.15, -0.1) is 11.8 Å². The molecule has 42 nitrogen and oxygen atoms in total. The molecule has 7 heterocycles. The highest BCUT2D eigenvalue weighted by Gasteiger charge is 2.62. The van der Waals surface area contributed by atoms with Gasteiger partial charge in [0.1, 0.15) is 159 Å². The van der Waals surface area contributed by atoms with Gasteiger partial charge in [-0.05, 0) is 25.7 Å². The number of nitrogens with one attached hydrogen (secondary N) is 2. The molecule has 0 saturated carbocycles. The minimum atomic E-state index is -3.31. The van der Waals surface area contributed by atoms with Gasteiger partial charge in [-0.1, -0.05) is 26.2 Å². The maximum Gasteiger partial charge on any atom is 0.364 e. The summed E-state index contributed by atoms with van der Waals surface area (Å²) in [6.07, 6.45) is -54.0. The number of thioether (sulfide) groups is 1. The number of rotatable bonds is 41. The molecule has 0 radical (unpaired) electrons. The molecule has 0 bridgehead atoms. The van der Waals surface area contributed by atoms with Gasteiger partial charge >= 0.3 is 5.97 Å². The van der Waals surface area contributed by atoms with Crippen LogP contribution in [0.1, 0.15) is 97.3 Å². The molecule has 12 unspecified atom stereocenters. The third-order valence-corrected chi connectivity index (χ3v) is 20.8. The average Bonchev–Trinajstić information content (AvgIpc) is 0.801. The first-order chi connectivity index (χ1) is 50.9. The predicted octanol–water partition coefficient (Wildman–Crippen LogP) is -11.3. The van der Waals surface area contributed by atoms with E-state index >= 15 is 0 Å². The number of nitrogens with zero attached hydrogens (tertiary/aromatic N) is 1. The Hall–Kier alpha value is -4.00.